The second kappa shape index (κ2) is 6.16. The molecule has 4 nitrogen and oxygen atoms in total. The molecule has 0 N–H and O–H groups in total. The van der Waals surface area contributed by atoms with Crippen molar-refractivity contribution in [2.45, 2.75) is 40.2 Å². The molecule has 0 saturated carbocycles. The van der Waals surface area contributed by atoms with E-state index in [1.165, 1.54) is 0 Å². The standard InChI is InChI=1S/C12H26N2O2S/c1-5-12(4)13-6-8-14(9-7-13)17(15,16)10-11(2)3/h11-12H,5-10H2,1-4H3/t12-/m0/s1. The smallest absolute Gasteiger partial charge is 0.214 e. The highest BCUT2D eigenvalue weighted by Gasteiger charge is 2.28. The summed E-state index contributed by atoms with van der Waals surface area (Å²) in [5.74, 6) is 0.476. The number of hydrogen-bond donors (Lipinski definition) is 0. The molecule has 0 unspecified atom stereocenters. The minimum Gasteiger partial charge on any atom is -0.298 e. The molecule has 5 heteroatoms. The quantitative estimate of drug-likeness (QED) is 0.752. The maximum atomic E-state index is 12.0. The molecular formula is C12H26N2O2S. The fourth-order valence-electron chi connectivity index (χ4n) is 2.21. The third-order valence-electron chi connectivity index (χ3n) is 3.42. The van der Waals surface area contributed by atoms with Gasteiger partial charge in [0.25, 0.3) is 0 Å². The minimum atomic E-state index is -3.03. The Morgan fingerprint density at radius 2 is 1.59 bits per heavy atom. The fourth-order valence-corrected chi connectivity index (χ4v) is 3.98. The van der Waals surface area contributed by atoms with Crippen molar-refractivity contribution in [1.82, 2.24) is 9.21 Å². The van der Waals surface area contributed by atoms with Gasteiger partial charge in [-0.05, 0) is 19.3 Å². The maximum Gasteiger partial charge on any atom is 0.214 e. The molecule has 0 radical (unpaired) electrons. The molecule has 1 aliphatic rings. The molecule has 0 aliphatic carbocycles. The first-order valence-electron chi connectivity index (χ1n) is 6.58. The molecule has 0 bridgehead atoms. The molecule has 1 fully saturated rings. The number of sulfonamides is 1. The number of hydrogen-bond acceptors (Lipinski definition) is 3. The number of nitrogens with zero attached hydrogens (tertiary/aromatic N) is 2. The first-order valence-corrected chi connectivity index (χ1v) is 8.19. The van der Waals surface area contributed by atoms with Gasteiger partial charge >= 0.3 is 0 Å². The normalized spacial score (nSPS) is 21.9. The van der Waals surface area contributed by atoms with Gasteiger partial charge in [-0.3, -0.25) is 4.90 Å². The van der Waals surface area contributed by atoms with Crippen molar-refractivity contribution in [2.75, 3.05) is 31.9 Å². The van der Waals surface area contributed by atoms with Gasteiger partial charge in [0, 0.05) is 32.2 Å². The zero-order valence-electron chi connectivity index (χ0n) is 11.5. The first-order chi connectivity index (χ1) is 7.86. The summed E-state index contributed by atoms with van der Waals surface area (Å²) in [5, 5.41) is 0. The summed E-state index contributed by atoms with van der Waals surface area (Å²) in [7, 11) is -3.03. The minimum absolute atomic E-state index is 0.201. The van der Waals surface area contributed by atoms with Crippen molar-refractivity contribution in [1.29, 1.82) is 0 Å². The number of piperazine rings is 1. The van der Waals surface area contributed by atoms with Crippen LogP contribution in [0.15, 0.2) is 0 Å². The Labute approximate surface area is 106 Å². The highest BCUT2D eigenvalue weighted by atomic mass is 32.2. The van der Waals surface area contributed by atoms with Crippen LogP contribution in [-0.4, -0.2) is 55.6 Å². The second-order valence-electron chi connectivity index (χ2n) is 5.36. The first kappa shape index (κ1) is 14.9. The Hall–Kier alpha value is -0.130. The molecule has 0 aromatic carbocycles. The largest absolute Gasteiger partial charge is 0.298 e. The molecule has 1 atom stereocenters. The number of rotatable bonds is 5. The zero-order chi connectivity index (χ0) is 13.1. The summed E-state index contributed by atoms with van der Waals surface area (Å²) in [6.07, 6.45) is 1.12. The monoisotopic (exact) mass is 262 g/mol. The predicted molar refractivity (Wildman–Crippen MR) is 71.5 cm³/mol. The lowest BCUT2D eigenvalue weighted by Crippen LogP contribution is -2.51. The van der Waals surface area contributed by atoms with Gasteiger partial charge in [0.2, 0.25) is 10.0 Å². The molecule has 1 aliphatic heterocycles. The lowest BCUT2D eigenvalue weighted by molar-refractivity contribution is 0.142. The molecule has 1 rings (SSSR count). The maximum absolute atomic E-state index is 12.0. The highest BCUT2D eigenvalue weighted by molar-refractivity contribution is 7.89. The Balaban J connectivity index is 2.52. The summed E-state index contributed by atoms with van der Waals surface area (Å²) in [5.41, 5.74) is 0. The SMILES string of the molecule is CC[C@H](C)N1CCN(S(=O)(=O)CC(C)C)CC1. The van der Waals surface area contributed by atoms with Gasteiger partial charge in [-0.2, -0.15) is 4.31 Å². The van der Waals surface area contributed by atoms with Crippen LogP contribution in [0.1, 0.15) is 34.1 Å². The van der Waals surface area contributed by atoms with Gasteiger partial charge in [0.05, 0.1) is 5.75 Å². The van der Waals surface area contributed by atoms with E-state index in [0.29, 0.717) is 19.1 Å². The summed E-state index contributed by atoms with van der Waals surface area (Å²) >= 11 is 0. The van der Waals surface area contributed by atoms with E-state index in [9.17, 15) is 8.42 Å². The molecule has 1 heterocycles. The second-order valence-corrected chi connectivity index (χ2v) is 7.38. The lowest BCUT2D eigenvalue weighted by atomic mass is 10.2. The topological polar surface area (TPSA) is 40.6 Å². The van der Waals surface area contributed by atoms with Crippen LogP contribution in [0, 0.1) is 5.92 Å². The molecule has 0 aromatic heterocycles. The van der Waals surface area contributed by atoms with E-state index in [4.69, 9.17) is 0 Å². The molecule has 102 valence electrons. The van der Waals surface area contributed by atoms with Crippen LogP contribution in [0.2, 0.25) is 0 Å². The highest BCUT2D eigenvalue weighted by Crippen LogP contribution is 2.13. The van der Waals surface area contributed by atoms with Crippen molar-refractivity contribution in [3.05, 3.63) is 0 Å². The van der Waals surface area contributed by atoms with E-state index >= 15 is 0 Å². The van der Waals surface area contributed by atoms with E-state index in [2.05, 4.69) is 18.7 Å². The summed E-state index contributed by atoms with van der Waals surface area (Å²) in [4.78, 5) is 2.38. The Morgan fingerprint density at radius 3 is 2.00 bits per heavy atom. The summed E-state index contributed by atoms with van der Waals surface area (Å²) in [6.45, 7) is 11.3. The molecule has 0 aromatic rings. The third-order valence-corrected chi connectivity index (χ3v) is 5.66. The molecule has 1 saturated heterocycles. The summed E-state index contributed by atoms with van der Waals surface area (Å²) < 4.78 is 25.8. The van der Waals surface area contributed by atoms with E-state index in [-0.39, 0.29) is 11.7 Å². The Bertz CT molecular complexity index is 319. The fraction of sp³-hybridized carbons (Fsp3) is 1.00. The van der Waals surface area contributed by atoms with Gasteiger partial charge in [-0.15, -0.1) is 0 Å². The average Bonchev–Trinajstić information content (AvgIpc) is 2.26. The van der Waals surface area contributed by atoms with Gasteiger partial charge in [-0.25, -0.2) is 8.42 Å². The van der Waals surface area contributed by atoms with Gasteiger partial charge in [-0.1, -0.05) is 20.8 Å². The lowest BCUT2D eigenvalue weighted by Gasteiger charge is -2.37. The van der Waals surface area contributed by atoms with Crippen molar-refractivity contribution in [3.8, 4) is 0 Å². The molecular weight excluding hydrogens is 236 g/mol. The van der Waals surface area contributed by atoms with E-state index in [1.807, 2.05) is 13.8 Å². The van der Waals surface area contributed by atoms with Crippen LogP contribution >= 0.6 is 0 Å². The van der Waals surface area contributed by atoms with Crippen LogP contribution in [0.25, 0.3) is 0 Å². The Morgan fingerprint density at radius 1 is 1.06 bits per heavy atom. The van der Waals surface area contributed by atoms with Crippen LogP contribution in [0.4, 0.5) is 0 Å². The van der Waals surface area contributed by atoms with Crippen molar-refractivity contribution >= 4 is 10.0 Å². The van der Waals surface area contributed by atoms with Gasteiger partial charge < -0.3 is 0 Å². The third kappa shape index (κ3) is 4.23. The van der Waals surface area contributed by atoms with Gasteiger partial charge in [0.1, 0.15) is 0 Å². The van der Waals surface area contributed by atoms with E-state index in [1.54, 1.807) is 4.31 Å². The predicted octanol–water partition coefficient (Wildman–Crippen LogP) is 1.39. The van der Waals surface area contributed by atoms with Crippen LogP contribution in [0.5, 0.6) is 0 Å². The Kier molecular flexibility index (Phi) is 5.41. The summed E-state index contributed by atoms with van der Waals surface area (Å²) in [6, 6.07) is 0.560. The van der Waals surface area contributed by atoms with Crippen molar-refractivity contribution < 1.29 is 8.42 Å². The van der Waals surface area contributed by atoms with E-state index < -0.39 is 10.0 Å². The van der Waals surface area contributed by atoms with Crippen LogP contribution in [-0.2, 0) is 10.0 Å². The van der Waals surface area contributed by atoms with Gasteiger partial charge in [0.15, 0.2) is 0 Å². The van der Waals surface area contributed by atoms with Crippen LogP contribution < -0.4 is 0 Å². The zero-order valence-corrected chi connectivity index (χ0v) is 12.3. The average molecular weight is 262 g/mol. The van der Waals surface area contributed by atoms with Crippen LogP contribution in [0.3, 0.4) is 0 Å². The molecule has 17 heavy (non-hydrogen) atoms. The molecule has 0 amide bonds. The van der Waals surface area contributed by atoms with Crippen molar-refractivity contribution in [3.63, 3.8) is 0 Å². The molecule has 0 spiro atoms. The van der Waals surface area contributed by atoms with Crippen molar-refractivity contribution in [2.24, 2.45) is 5.92 Å². The van der Waals surface area contributed by atoms with E-state index in [0.717, 1.165) is 19.5 Å².